The predicted molar refractivity (Wildman–Crippen MR) is 85.7 cm³/mol. The Morgan fingerprint density at radius 3 is 2.50 bits per heavy atom. The SMILES string of the molecule is COc1ccc(CCC(NN)c2cc(Cl)sc2Cl)cc1. The van der Waals surface area contributed by atoms with Crippen molar-refractivity contribution < 1.29 is 4.74 Å². The summed E-state index contributed by atoms with van der Waals surface area (Å²) in [5, 5.41) is 0. The van der Waals surface area contributed by atoms with Crippen LogP contribution in [-0.4, -0.2) is 7.11 Å². The number of halogens is 2. The smallest absolute Gasteiger partial charge is 0.118 e. The van der Waals surface area contributed by atoms with Gasteiger partial charge in [0, 0.05) is 11.6 Å². The molecule has 3 N–H and O–H groups in total. The number of benzene rings is 1. The van der Waals surface area contributed by atoms with Crippen LogP contribution in [0.25, 0.3) is 0 Å². The summed E-state index contributed by atoms with van der Waals surface area (Å²) in [6, 6.07) is 9.87. The molecule has 0 saturated carbocycles. The number of methoxy groups -OCH3 is 1. The van der Waals surface area contributed by atoms with Crippen molar-refractivity contribution >= 4 is 34.5 Å². The molecule has 6 heteroatoms. The van der Waals surface area contributed by atoms with E-state index in [1.54, 1.807) is 7.11 Å². The van der Waals surface area contributed by atoms with Gasteiger partial charge in [0.05, 0.1) is 15.8 Å². The zero-order valence-electron chi connectivity index (χ0n) is 11.0. The topological polar surface area (TPSA) is 47.3 Å². The molecule has 1 unspecified atom stereocenters. The summed E-state index contributed by atoms with van der Waals surface area (Å²) in [4.78, 5) is 0. The van der Waals surface area contributed by atoms with E-state index in [2.05, 4.69) is 17.6 Å². The van der Waals surface area contributed by atoms with E-state index in [1.807, 2.05) is 18.2 Å². The quantitative estimate of drug-likeness (QED) is 0.616. The summed E-state index contributed by atoms with van der Waals surface area (Å²) in [5.74, 6) is 6.48. The summed E-state index contributed by atoms with van der Waals surface area (Å²) in [7, 11) is 1.66. The molecule has 1 aromatic heterocycles. The van der Waals surface area contributed by atoms with E-state index in [4.69, 9.17) is 33.8 Å². The Kier molecular flexibility index (Phi) is 5.69. The average molecular weight is 331 g/mol. The summed E-state index contributed by atoms with van der Waals surface area (Å²) < 4.78 is 6.50. The third-order valence-electron chi connectivity index (χ3n) is 3.14. The Bertz CT molecular complexity index is 557. The summed E-state index contributed by atoms with van der Waals surface area (Å²) >= 11 is 13.5. The Morgan fingerprint density at radius 2 is 2.00 bits per heavy atom. The molecule has 0 aliphatic heterocycles. The fourth-order valence-electron chi connectivity index (χ4n) is 2.02. The predicted octanol–water partition coefficient (Wildman–Crippen LogP) is 4.20. The first-order valence-electron chi connectivity index (χ1n) is 6.18. The number of aryl methyl sites for hydroxylation is 1. The lowest BCUT2D eigenvalue weighted by Gasteiger charge is -2.15. The van der Waals surface area contributed by atoms with Crippen LogP contribution >= 0.6 is 34.5 Å². The highest BCUT2D eigenvalue weighted by Gasteiger charge is 2.16. The van der Waals surface area contributed by atoms with Crippen molar-refractivity contribution in [3.63, 3.8) is 0 Å². The van der Waals surface area contributed by atoms with Crippen LogP contribution in [0, 0.1) is 0 Å². The molecule has 2 aromatic rings. The standard InChI is InChI=1S/C14H16Cl2N2OS/c1-19-10-5-2-9(3-6-10)4-7-12(18-17)11-8-13(15)20-14(11)16/h2-3,5-6,8,12,18H,4,7,17H2,1H3. The molecule has 1 heterocycles. The number of rotatable bonds is 6. The fraction of sp³-hybridized carbons (Fsp3) is 0.286. The van der Waals surface area contributed by atoms with Gasteiger partial charge < -0.3 is 4.74 Å². The van der Waals surface area contributed by atoms with Gasteiger partial charge >= 0.3 is 0 Å². The fourth-order valence-corrected chi connectivity index (χ4v) is 3.60. The lowest BCUT2D eigenvalue weighted by molar-refractivity contribution is 0.414. The van der Waals surface area contributed by atoms with Crippen LogP contribution in [0.5, 0.6) is 5.75 Å². The first-order valence-corrected chi connectivity index (χ1v) is 7.75. The lowest BCUT2D eigenvalue weighted by Crippen LogP contribution is -2.28. The molecule has 0 aliphatic rings. The van der Waals surface area contributed by atoms with E-state index in [1.165, 1.54) is 16.9 Å². The van der Waals surface area contributed by atoms with Gasteiger partial charge in [0.1, 0.15) is 5.75 Å². The molecule has 20 heavy (non-hydrogen) atoms. The lowest BCUT2D eigenvalue weighted by atomic mass is 10.0. The molecule has 1 aromatic carbocycles. The van der Waals surface area contributed by atoms with Crippen LogP contribution in [0.4, 0.5) is 0 Å². The van der Waals surface area contributed by atoms with Crippen molar-refractivity contribution in [2.24, 2.45) is 5.84 Å². The van der Waals surface area contributed by atoms with Gasteiger partial charge in [-0.1, -0.05) is 35.3 Å². The van der Waals surface area contributed by atoms with Crippen LogP contribution in [0.15, 0.2) is 30.3 Å². The molecule has 1 atom stereocenters. The number of hydrogen-bond donors (Lipinski definition) is 2. The average Bonchev–Trinajstić information content (AvgIpc) is 2.79. The first-order chi connectivity index (χ1) is 9.63. The van der Waals surface area contributed by atoms with Gasteiger partial charge in [-0.25, -0.2) is 0 Å². The monoisotopic (exact) mass is 330 g/mol. The molecule has 0 aliphatic carbocycles. The molecule has 0 spiro atoms. The zero-order valence-corrected chi connectivity index (χ0v) is 13.4. The highest BCUT2D eigenvalue weighted by atomic mass is 35.5. The minimum absolute atomic E-state index is 0.00616. The summed E-state index contributed by atoms with van der Waals surface area (Å²) in [6.45, 7) is 0. The van der Waals surface area contributed by atoms with Gasteiger partial charge in [-0.15, -0.1) is 11.3 Å². The highest BCUT2D eigenvalue weighted by molar-refractivity contribution is 7.20. The van der Waals surface area contributed by atoms with E-state index in [-0.39, 0.29) is 6.04 Å². The van der Waals surface area contributed by atoms with Crippen LogP contribution in [0.2, 0.25) is 8.67 Å². The zero-order chi connectivity index (χ0) is 14.5. The number of nitrogens with two attached hydrogens (primary N) is 1. The molecule has 108 valence electrons. The first kappa shape index (κ1) is 15.6. The second kappa shape index (κ2) is 7.29. The number of hydrogen-bond acceptors (Lipinski definition) is 4. The second-order valence-electron chi connectivity index (χ2n) is 4.39. The second-order valence-corrected chi connectivity index (χ2v) is 6.67. The van der Waals surface area contributed by atoms with Crippen molar-refractivity contribution in [1.82, 2.24) is 5.43 Å². The van der Waals surface area contributed by atoms with E-state index < -0.39 is 0 Å². The Hall–Kier alpha value is -0.780. The molecule has 0 saturated heterocycles. The van der Waals surface area contributed by atoms with E-state index in [0.29, 0.717) is 8.67 Å². The van der Waals surface area contributed by atoms with Crippen LogP contribution in [0.1, 0.15) is 23.6 Å². The molecule has 0 fully saturated rings. The van der Waals surface area contributed by atoms with Gasteiger partial charge in [0.2, 0.25) is 0 Å². The summed E-state index contributed by atoms with van der Waals surface area (Å²) in [6.07, 6.45) is 1.73. The van der Waals surface area contributed by atoms with Gasteiger partial charge in [0.15, 0.2) is 0 Å². The summed E-state index contributed by atoms with van der Waals surface area (Å²) in [5.41, 5.74) is 4.99. The molecule has 0 radical (unpaired) electrons. The molecule has 3 nitrogen and oxygen atoms in total. The minimum Gasteiger partial charge on any atom is -0.497 e. The van der Waals surface area contributed by atoms with Crippen molar-refractivity contribution in [2.45, 2.75) is 18.9 Å². The highest BCUT2D eigenvalue weighted by Crippen LogP contribution is 2.36. The van der Waals surface area contributed by atoms with Crippen LogP contribution in [0.3, 0.4) is 0 Å². The van der Waals surface area contributed by atoms with Crippen molar-refractivity contribution in [3.8, 4) is 5.75 Å². The normalized spacial score (nSPS) is 12.4. The number of hydrazine groups is 1. The maximum atomic E-state index is 6.16. The molecule has 0 bridgehead atoms. The van der Waals surface area contributed by atoms with Crippen LogP contribution < -0.4 is 16.0 Å². The van der Waals surface area contributed by atoms with E-state index in [9.17, 15) is 0 Å². The van der Waals surface area contributed by atoms with Gasteiger partial charge in [0.25, 0.3) is 0 Å². The maximum Gasteiger partial charge on any atom is 0.118 e. The van der Waals surface area contributed by atoms with E-state index >= 15 is 0 Å². The molecular formula is C14H16Cl2N2OS. The molecule has 2 rings (SSSR count). The van der Waals surface area contributed by atoms with Crippen LogP contribution in [-0.2, 0) is 6.42 Å². The van der Waals surface area contributed by atoms with Crippen molar-refractivity contribution in [1.29, 1.82) is 0 Å². The van der Waals surface area contributed by atoms with Gasteiger partial charge in [-0.2, -0.15) is 0 Å². The Labute approximate surface area is 132 Å². The minimum atomic E-state index is -0.00616. The number of thiophene rings is 1. The van der Waals surface area contributed by atoms with E-state index in [0.717, 1.165) is 24.2 Å². The molecule has 0 amide bonds. The third kappa shape index (κ3) is 3.87. The Morgan fingerprint density at radius 1 is 1.30 bits per heavy atom. The van der Waals surface area contributed by atoms with Crippen molar-refractivity contribution in [2.75, 3.05) is 7.11 Å². The third-order valence-corrected chi connectivity index (χ3v) is 4.66. The number of ether oxygens (including phenoxy) is 1. The van der Waals surface area contributed by atoms with Gasteiger partial charge in [-0.05, 0) is 36.6 Å². The number of nitrogens with one attached hydrogen (secondary N) is 1. The maximum absolute atomic E-state index is 6.16. The van der Waals surface area contributed by atoms with Crippen molar-refractivity contribution in [3.05, 3.63) is 50.1 Å². The largest absolute Gasteiger partial charge is 0.497 e. The molecular weight excluding hydrogens is 315 g/mol. The Balaban J connectivity index is 2.01. The van der Waals surface area contributed by atoms with Gasteiger partial charge in [-0.3, -0.25) is 11.3 Å².